The average Bonchev–Trinajstić information content (AvgIpc) is 3.17. The highest BCUT2D eigenvalue weighted by atomic mass is 127. The highest BCUT2D eigenvalue weighted by Crippen LogP contribution is 2.16. The number of fused-ring (bicyclic) bond motifs is 1. The van der Waals surface area contributed by atoms with Crippen LogP contribution < -0.4 is 14.8 Å². The Morgan fingerprint density at radius 1 is 1.13 bits per heavy atom. The first kappa shape index (κ1) is 23.7. The highest BCUT2D eigenvalue weighted by Gasteiger charge is 2.07. The Hall–Kier alpha value is -2.56. The van der Waals surface area contributed by atoms with Gasteiger partial charge in [0.15, 0.2) is 11.6 Å². The lowest BCUT2D eigenvalue weighted by molar-refractivity contribution is 0.281. The number of aryl methyl sites for hydroxylation is 1. The number of rotatable bonds is 9. The number of halogens is 1. The molecule has 9 heteroatoms. The van der Waals surface area contributed by atoms with E-state index in [9.17, 15) is 0 Å². The number of hydrogen-bond donors (Lipinski definition) is 1. The summed E-state index contributed by atoms with van der Waals surface area (Å²) in [7, 11) is 5.44. The van der Waals surface area contributed by atoms with Crippen LogP contribution in [0.3, 0.4) is 0 Å². The van der Waals surface area contributed by atoms with Crippen LogP contribution in [0.1, 0.15) is 12.2 Å². The van der Waals surface area contributed by atoms with Crippen LogP contribution in [0, 0.1) is 0 Å². The van der Waals surface area contributed by atoms with Gasteiger partial charge in [-0.2, -0.15) is 0 Å². The maximum Gasteiger partial charge on any atom is 0.193 e. The van der Waals surface area contributed by atoms with E-state index in [1.807, 2.05) is 60.1 Å². The number of nitrogens with zero attached hydrogens (tertiary/aromatic N) is 5. The molecular weight excluding hydrogens is 495 g/mol. The monoisotopic (exact) mass is 524 g/mol. The number of aliphatic imine (C=N–C) groups is 1. The van der Waals surface area contributed by atoms with Gasteiger partial charge in [-0.05, 0) is 42.8 Å². The van der Waals surface area contributed by atoms with Crippen LogP contribution in [-0.4, -0.2) is 66.4 Å². The minimum Gasteiger partial charge on any atom is -0.497 e. The molecule has 3 rings (SSSR count). The van der Waals surface area contributed by atoms with Gasteiger partial charge < -0.3 is 19.7 Å². The summed E-state index contributed by atoms with van der Waals surface area (Å²) < 4.78 is 13.0. The Kier molecular flexibility index (Phi) is 9.65. The van der Waals surface area contributed by atoms with Crippen LogP contribution in [0.4, 0.5) is 0 Å². The third kappa shape index (κ3) is 6.48. The van der Waals surface area contributed by atoms with E-state index >= 15 is 0 Å². The Morgan fingerprint density at radius 3 is 2.63 bits per heavy atom. The first-order valence-corrected chi connectivity index (χ1v) is 9.68. The van der Waals surface area contributed by atoms with Gasteiger partial charge in [0.05, 0.1) is 13.7 Å². The molecule has 0 aliphatic rings. The quantitative estimate of drug-likeness (QED) is 0.201. The van der Waals surface area contributed by atoms with Gasteiger partial charge in [0.25, 0.3) is 0 Å². The number of pyridine rings is 1. The number of methoxy groups -OCH3 is 1. The lowest BCUT2D eigenvalue weighted by atomic mass is 10.3. The van der Waals surface area contributed by atoms with Gasteiger partial charge in [-0.3, -0.25) is 9.39 Å². The fourth-order valence-electron chi connectivity index (χ4n) is 2.97. The summed E-state index contributed by atoms with van der Waals surface area (Å²) in [6.45, 7) is 2.09. The van der Waals surface area contributed by atoms with Gasteiger partial charge in [-0.1, -0.05) is 6.07 Å². The average molecular weight is 524 g/mol. The molecule has 0 aliphatic heterocycles. The first-order chi connectivity index (χ1) is 14.2. The summed E-state index contributed by atoms with van der Waals surface area (Å²) in [6, 6.07) is 13.5. The van der Waals surface area contributed by atoms with Crippen LogP contribution in [-0.2, 0) is 6.42 Å². The van der Waals surface area contributed by atoms with E-state index in [1.54, 1.807) is 14.2 Å². The van der Waals surface area contributed by atoms with Crippen molar-refractivity contribution >= 4 is 35.6 Å². The number of guanidine groups is 1. The Labute approximate surface area is 194 Å². The van der Waals surface area contributed by atoms with Crippen molar-refractivity contribution in [1.29, 1.82) is 0 Å². The van der Waals surface area contributed by atoms with E-state index in [4.69, 9.17) is 9.47 Å². The zero-order chi connectivity index (χ0) is 20.5. The molecule has 30 heavy (non-hydrogen) atoms. The van der Waals surface area contributed by atoms with Gasteiger partial charge in [-0.15, -0.1) is 34.2 Å². The van der Waals surface area contributed by atoms with Crippen molar-refractivity contribution in [3.63, 3.8) is 0 Å². The number of ether oxygens (including phenoxy) is 2. The van der Waals surface area contributed by atoms with Crippen LogP contribution in [0.15, 0.2) is 53.7 Å². The summed E-state index contributed by atoms with van der Waals surface area (Å²) in [4.78, 5) is 6.40. The van der Waals surface area contributed by atoms with Gasteiger partial charge in [0, 0.05) is 33.3 Å². The molecule has 0 amide bonds. The molecule has 162 valence electrons. The van der Waals surface area contributed by atoms with Gasteiger partial charge >= 0.3 is 0 Å². The number of hydrogen-bond acceptors (Lipinski definition) is 5. The van der Waals surface area contributed by atoms with Crippen molar-refractivity contribution < 1.29 is 9.47 Å². The second kappa shape index (κ2) is 12.2. The summed E-state index contributed by atoms with van der Waals surface area (Å²) in [5.41, 5.74) is 0.878. The zero-order valence-corrected chi connectivity index (χ0v) is 19.9. The normalized spacial score (nSPS) is 11.1. The second-order valence-corrected chi connectivity index (χ2v) is 6.57. The predicted molar refractivity (Wildman–Crippen MR) is 129 cm³/mol. The Morgan fingerprint density at radius 2 is 1.90 bits per heavy atom. The number of benzene rings is 1. The molecule has 3 aromatic rings. The fourth-order valence-corrected chi connectivity index (χ4v) is 2.97. The molecule has 0 spiro atoms. The van der Waals surface area contributed by atoms with Crippen LogP contribution in [0.25, 0.3) is 5.65 Å². The van der Waals surface area contributed by atoms with Crippen molar-refractivity contribution in [2.24, 2.45) is 4.99 Å². The van der Waals surface area contributed by atoms with Crippen molar-refractivity contribution in [2.75, 3.05) is 40.9 Å². The molecule has 1 aromatic carbocycles. The molecule has 0 radical (unpaired) electrons. The molecule has 0 unspecified atom stereocenters. The maximum atomic E-state index is 5.79. The molecule has 8 nitrogen and oxygen atoms in total. The van der Waals surface area contributed by atoms with Crippen LogP contribution >= 0.6 is 24.0 Å². The zero-order valence-electron chi connectivity index (χ0n) is 17.6. The molecule has 0 bridgehead atoms. The van der Waals surface area contributed by atoms with E-state index in [-0.39, 0.29) is 24.0 Å². The van der Waals surface area contributed by atoms with Crippen molar-refractivity contribution in [2.45, 2.75) is 12.8 Å². The summed E-state index contributed by atoms with van der Waals surface area (Å²) in [5.74, 6) is 3.45. The molecule has 1 N–H and O–H groups in total. The molecule has 2 heterocycles. The SMILES string of the molecule is CN=C(NCCCc1nnc2ccccn12)N(C)CCOc1ccc(OC)cc1.I. The minimum atomic E-state index is 0. The lowest BCUT2D eigenvalue weighted by Gasteiger charge is -2.22. The van der Waals surface area contributed by atoms with E-state index in [2.05, 4.69) is 25.4 Å². The summed E-state index contributed by atoms with van der Waals surface area (Å²) in [6.07, 6.45) is 3.78. The summed E-state index contributed by atoms with van der Waals surface area (Å²) >= 11 is 0. The standard InChI is InChI=1S/C21H28N6O2.HI/c1-22-21(26(2)15-16-29-18-11-9-17(28-3)10-12-18)23-13-6-8-20-25-24-19-7-4-5-14-27(19)20;/h4-5,7,9-12,14H,6,8,13,15-16H2,1-3H3,(H,22,23);1H. The summed E-state index contributed by atoms with van der Waals surface area (Å²) in [5, 5.41) is 11.8. The predicted octanol–water partition coefficient (Wildman–Crippen LogP) is 2.87. The van der Waals surface area contributed by atoms with Crippen molar-refractivity contribution in [3.8, 4) is 11.5 Å². The minimum absolute atomic E-state index is 0. The van der Waals surface area contributed by atoms with Gasteiger partial charge in [0.2, 0.25) is 0 Å². The second-order valence-electron chi connectivity index (χ2n) is 6.57. The smallest absolute Gasteiger partial charge is 0.193 e. The third-order valence-electron chi connectivity index (χ3n) is 4.57. The highest BCUT2D eigenvalue weighted by molar-refractivity contribution is 14.0. The molecule has 0 fully saturated rings. The van der Waals surface area contributed by atoms with E-state index < -0.39 is 0 Å². The molecule has 2 aromatic heterocycles. The van der Waals surface area contributed by atoms with Crippen LogP contribution in [0.2, 0.25) is 0 Å². The van der Waals surface area contributed by atoms with Crippen molar-refractivity contribution in [3.05, 3.63) is 54.5 Å². The van der Waals surface area contributed by atoms with Gasteiger partial charge in [-0.25, -0.2) is 0 Å². The molecule has 0 saturated carbocycles. The maximum absolute atomic E-state index is 5.79. The van der Waals surface area contributed by atoms with E-state index in [1.165, 1.54) is 0 Å². The lowest BCUT2D eigenvalue weighted by Crippen LogP contribution is -2.41. The number of nitrogens with one attached hydrogen (secondary N) is 1. The third-order valence-corrected chi connectivity index (χ3v) is 4.57. The number of likely N-dealkylation sites (N-methyl/N-ethyl adjacent to an activating group) is 1. The molecular formula is C21H29IN6O2. The van der Waals surface area contributed by atoms with Gasteiger partial charge in [0.1, 0.15) is 23.9 Å². The topological polar surface area (TPSA) is 76.3 Å². The van der Waals surface area contributed by atoms with E-state index in [0.717, 1.165) is 54.9 Å². The van der Waals surface area contributed by atoms with E-state index in [0.29, 0.717) is 6.61 Å². The van der Waals surface area contributed by atoms with Crippen molar-refractivity contribution in [1.82, 2.24) is 24.8 Å². The molecule has 0 saturated heterocycles. The number of aromatic nitrogens is 3. The van der Waals surface area contributed by atoms with Crippen LogP contribution in [0.5, 0.6) is 11.5 Å². The largest absolute Gasteiger partial charge is 0.497 e. The Bertz CT molecular complexity index is 929. The fraction of sp³-hybridized carbons (Fsp3) is 0.381. The Balaban J connectivity index is 0.00000320. The molecule has 0 atom stereocenters. The molecule has 0 aliphatic carbocycles. The first-order valence-electron chi connectivity index (χ1n) is 9.68.